The average molecular weight is 143 g/mol. The summed E-state index contributed by atoms with van der Waals surface area (Å²) in [6.45, 7) is 0. The van der Waals surface area contributed by atoms with Gasteiger partial charge in [0, 0.05) is 0 Å². The standard InChI is InChI=1S/C6H3BN4/c7-5(3-10)6(11)4(1-8)2-9/h4,7,11H/i7D. The summed E-state index contributed by atoms with van der Waals surface area (Å²) in [7, 11) is 0.657. The first-order chi connectivity index (χ1) is 5.71. The van der Waals surface area contributed by atoms with Crippen molar-refractivity contribution < 1.29 is 0 Å². The summed E-state index contributed by atoms with van der Waals surface area (Å²) in [6, 6.07) is 4.63. The second kappa shape index (κ2) is 3.98. The van der Waals surface area contributed by atoms with Crippen LogP contribution in [0.2, 0.25) is 0 Å². The van der Waals surface area contributed by atoms with Crippen LogP contribution in [0.1, 0.15) is 0 Å². The van der Waals surface area contributed by atoms with Gasteiger partial charge >= 0.3 is 65.3 Å². The number of rotatable bonds is 2. The van der Waals surface area contributed by atoms with Crippen LogP contribution in [0.4, 0.5) is 0 Å². The fraction of sp³-hybridized carbons (Fsp3) is 0.167. The molecule has 0 saturated carbocycles. The third kappa shape index (κ3) is 2.04. The zero-order valence-corrected chi connectivity index (χ0v) is 5.50. The molecule has 0 atom stereocenters. The van der Waals surface area contributed by atoms with Crippen LogP contribution < -0.4 is 0 Å². The van der Waals surface area contributed by atoms with Gasteiger partial charge in [0.05, 0.1) is 0 Å². The minimum atomic E-state index is -1.26. The molecule has 0 aromatic rings. The van der Waals surface area contributed by atoms with Gasteiger partial charge in [-0.1, -0.05) is 0 Å². The van der Waals surface area contributed by atoms with E-state index in [1.54, 1.807) is 6.07 Å². The van der Waals surface area contributed by atoms with Crippen LogP contribution in [0.15, 0.2) is 0 Å². The van der Waals surface area contributed by atoms with Crippen molar-refractivity contribution in [2.75, 3.05) is 0 Å². The number of nitrogens with zero attached hydrogens (tertiary/aromatic N) is 3. The van der Waals surface area contributed by atoms with E-state index in [-0.39, 0.29) is 5.46 Å². The Labute approximate surface area is 66.2 Å². The van der Waals surface area contributed by atoms with Crippen molar-refractivity contribution in [1.82, 2.24) is 0 Å². The first kappa shape index (κ1) is 7.19. The minimum absolute atomic E-state index is 0.261. The SMILES string of the molecule is [2H]B=C(C#N)C(=N)C(C#N)C#N. The predicted octanol–water partition coefficient (Wildman–Crippen LogP) is -0.734. The predicted molar refractivity (Wildman–Crippen MR) is 40.2 cm³/mol. The quantitative estimate of drug-likeness (QED) is 0.407. The van der Waals surface area contributed by atoms with E-state index < -0.39 is 11.6 Å². The van der Waals surface area contributed by atoms with E-state index in [1.807, 2.05) is 0 Å². The fourth-order valence-electron chi connectivity index (χ4n) is 0.374. The average Bonchev–Trinajstić information content (AvgIpc) is 2.09. The van der Waals surface area contributed by atoms with Crippen molar-refractivity contribution in [2.45, 2.75) is 0 Å². The Morgan fingerprint density at radius 3 is 2.27 bits per heavy atom. The first-order valence-electron chi connectivity index (χ1n) is 3.15. The molecule has 0 amide bonds. The van der Waals surface area contributed by atoms with Gasteiger partial charge in [-0.2, -0.15) is 0 Å². The van der Waals surface area contributed by atoms with Crippen molar-refractivity contribution in [1.29, 1.82) is 22.5 Å². The molecule has 5 heteroatoms. The molecule has 0 spiro atoms. The number of nitriles is 3. The molecule has 11 heavy (non-hydrogen) atoms. The van der Waals surface area contributed by atoms with Crippen LogP contribution in [-0.2, 0) is 0 Å². The second-order valence-corrected chi connectivity index (χ2v) is 1.63. The topological polar surface area (TPSA) is 95.2 Å². The van der Waals surface area contributed by atoms with Crippen LogP contribution in [0, 0.1) is 45.3 Å². The Hall–Kier alpha value is -1.93. The first-order valence-corrected chi connectivity index (χ1v) is 2.58. The van der Waals surface area contributed by atoms with Crippen molar-refractivity contribution in [2.24, 2.45) is 5.92 Å². The van der Waals surface area contributed by atoms with Gasteiger partial charge in [-0.3, -0.25) is 0 Å². The van der Waals surface area contributed by atoms with Crippen LogP contribution in [0.5, 0.6) is 0 Å². The molecule has 0 bridgehead atoms. The molecule has 0 fully saturated rings. The second-order valence-electron chi connectivity index (χ2n) is 1.63. The molecule has 0 rings (SSSR count). The summed E-state index contributed by atoms with van der Waals surface area (Å²) in [6.07, 6.45) is 0. The Balaban J connectivity index is 4.78. The third-order valence-corrected chi connectivity index (χ3v) is 0.957. The summed E-state index contributed by atoms with van der Waals surface area (Å²) < 4.78 is 6.69. The van der Waals surface area contributed by atoms with E-state index in [0.29, 0.717) is 7.45 Å². The van der Waals surface area contributed by atoms with Crippen molar-refractivity contribution in [3.8, 4) is 18.2 Å². The summed E-state index contributed by atoms with van der Waals surface area (Å²) in [5.74, 6) is -1.26. The van der Waals surface area contributed by atoms with Crippen molar-refractivity contribution in [3.63, 3.8) is 0 Å². The van der Waals surface area contributed by atoms with E-state index in [2.05, 4.69) is 0 Å². The summed E-state index contributed by atoms with van der Waals surface area (Å²) in [5.41, 5.74) is -0.680. The summed E-state index contributed by atoms with van der Waals surface area (Å²) in [4.78, 5) is 0. The fourth-order valence-corrected chi connectivity index (χ4v) is 0.374. The molecule has 50 valence electrons. The zero-order chi connectivity index (χ0) is 9.56. The molecule has 0 radical (unpaired) electrons. The monoisotopic (exact) mass is 143 g/mol. The van der Waals surface area contributed by atoms with E-state index in [1.165, 1.54) is 12.1 Å². The maximum absolute atomic E-state index is 8.34. The van der Waals surface area contributed by atoms with Crippen LogP contribution in [0.3, 0.4) is 0 Å². The summed E-state index contributed by atoms with van der Waals surface area (Å²) in [5, 5.41) is 32.1. The van der Waals surface area contributed by atoms with Gasteiger partial charge in [0.2, 0.25) is 0 Å². The van der Waals surface area contributed by atoms with Gasteiger partial charge in [0.25, 0.3) is 0 Å². The zero-order valence-electron chi connectivity index (χ0n) is 6.50. The normalized spacial score (nSPS) is 10.0. The van der Waals surface area contributed by atoms with E-state index >= 15 is 0 Å². The van der Waals surface area contributed by atoms with Gasteiger partial charge in [0.1, 0.15) is 0 Å². The van der Waals surface area contributed by atoms with Crippen LogP contribution in [-0.4, -0.2) is 20.0 Å². The Bertz CT molecular complexity index is 326. The Morgan fingerprint density at radius 1 is 1.45 bits per heavy atom. The Morgan fingerprint density at radius 2 is 2.00 bits per heavy atom. The molecule has 0 unspecified atom stereocenters. The molecule has 4 nitrogen and oxygen atoms in total. The molecule has 0 saturated heterocycles. The van der Waals surface area contributed by atoms with Crippen molar-refractivity contribution >= 4 is 18.6 Å². The maximum atomic E-state index is 8.34. The van der Waals surface area contributed by atoms with Crippen LogP contribution >= 0.6 is 0 Å². The van der Waals surface area contributed by atoms with E-state index in [4.69, 9.17) is 22.5 Å². The molecular formula is C6H3BN4. The van der Waals surface area contributed by atoms with E-state index in [0.717, 1.165) is 0 Å². The molecular weight excluding hydrogens is 139 g/mol. The van der Waals surface area contributed by atoms with Gasteiger partial charge in [0.15, 0.2) is 0 Å². The van der Waals surface area contributed by atoms with Gasteiger partial charge < -0.3 is 0 Å². The molecule has 0 aliphatic heterocycles. The molecule has 0 aromatic carbocycles. The van der Waals surface area contributed by atoms with Crippen LogP contribution in [0.25, 0.3) is 0 Å². The van der Waals surface area contributed by atoms with Gasteiger partial charge in [-0.25, -0.2) is 0 Å². The van der Waals surface area contributed by atoms with Gasteiger partial charge in [-0.05, 0) is 0 Å². The number of nitrogens with one attached hydrogen (secondary N) is 1. The number of hydrogen-bond acceptors (Lipinski definition) is 4. The Kier molecular flexibility index (Phi) is 2.60. The van der Waals surface area contributed by atoms with Crippen molar-refractivity contribution in [3.05, 3.63) is 0 Å². The summed E-state index contributed by atoms with van der Waals surface area (Å²) >= 11 is 0. The number of hydrogen-bond donors (Lipinski definition) is 1. The molecule has 1 N–H and O–H groups in total. The molecule has 0 heterocycles. The van der Waals surface area contributed by atoms with E-state index in [9.17, 15) is 0 Å². The molecule has 0 aromatic heterocycles. The molecule has 0 aliphatic rings. The molecule has 0 aliphatic carbocycles. The van der Waals surface area contributed by atoms with Gasteiger partial charge in [-0.15, -0.1) is 0 Å². The third-order valence-electron chi connectivity index (χ3n) is 0.957.